The summed E-state index contributed by atoms with van der Waals surface area (Å²) >= 11 is 0. The first-order valence-electron chi connectivity index (χ1n) is 4.37. The molecular weight excluding hydrogens is 180 g/mol. The van der Waals surface area contributed by atoms with Gasteiger partial charge >= 0.3 is 12.0 Å². The van der Waals surface area contributed by atoms with E-state index < -0.39 is 11.6 Å². The van der Waals surface area contributed by atoms with Crippen LogP contribution in [0.3, 0.4) is 0 Å². The van der Waals surface area contributed by atoms with Crippen LogP contribution in [0.1, 0.15) is 33.6 Å². The molecule has 4 nitrogen and oxygen atoms in total. The average Bonchev–Trinajstić information content (AvgIpc) is 2.03. The van der Waals surface area contributed by atoms with Gasteiger partial charge in [0.25, 0.3) is 0 Å². The molecule has 0 aliphatic rings. The highest BCUT2D eigenvalue weighted by atomic mass is 16.6. The summed E-state index contributed by atoms with van der Waals surface area (Å²) in [7, 11) is 0. The number of esters is 1. The topological polar surface area (TPSA) is 54.5 Å². The highest BCUT2D eigenvalue weighted by molar-refractivity contribution is 5.69. The lowest BCUT2D eigenvalue weighted by atomic mass is 10.1. The zero-order valence-electron chi connectivity index (χ0n) is 8.70. The zero-order valence-corrected chi connectivity index (χ0v) is 8.70. The average molecular weight is 194 g/mol. The second-order valence-electron chi connectivity index (χ2n) is 3.90. The van der Waals surface area contributed by atoms with Gasteiger partial charge in [0.1, 0.15) is 5.60 Å². The van der Waals surface area contributed by atoms with Crippen LogP contribution in [-0.4, -0.2) is 17.6 Å². The van der Waals surface area contributed by atoms with E-state index in [0.717, 1.165) is 0 Å². The molecule has 0 aromatic carbocycles. The van der Waals surface area contributed by atoms with E-state index in [4.69, 9.17) is 16.6 Å². The van der Waals surface area contributed by atoms with Crippen LogP contribution in [0, 0.1) is 17.9 Å². The maximum absolute atomic E-state index is 11.2. The molecule has 76 valence electrons. The Morgan fingerprint density at radius 3 is 2.57 bits per heavy atom. The quantitative estimate of drug-likeness (QED) is 0.509. The van der Waals surface area contributed by atoms with Crippen molar-refractivity contribution in [3.05, 3.63) is 11.4 Å². The largest absolute Gasteiger partial charge is 0.460 e. The molecule has 0 aliphatic heterocycles. The van der Waals surface area contributed by atoms with Gasteiger partial charge in [0.2, 0.25) is 0 Å². The van der Waals surface area contributed by atoms with E-state index in [1.54, 1.807) is 20.8 Å². The lowest BCUT2D eigenvalue weighted by molar-refractivity contribution is -0.154. The molecule has 0 rings (SSSR count). The second kappa shape index (κ2) is 5.24. The van der Waals surface area contributed by atoms with Crippen LogP contribution in [-0.2, 0) is 9.53 Å². The summed E-state index contributed by atoms with van der Waals surface area (Å²) < 4.78 is 5.03. The molecule has 0 N–H and O–H groups in total. The van der Waals surface area contributed by atoms with Crippen LogP contribution < -0.4 is 0 Å². The lowest BCUT2D eigenvalue weighted by Crippen LogP contribution is -2.24. The minimum absolute atomic E-state index is 0.123. The fraction of sp³-hybridized carbons (Fsp3) is 0.700. The molecule has 0 amide bonds. The standard InChI is InChI=1S/C10H14N2O2/c1-10(2,3)14-9(13)6-5-8(7-11)12-4/h8H,5-6H2,1-3H3. The molecule has 4 heteroatoms. The molecule has 0 bridgehead atoms. The summed E-state index contributed by atoms with van der Waals surface area (Å²) in [4.78, 5) is 14.2. The number of carbonyl (C=O) groups excluding carboxylic acids is 1. The van der Waals surface area contributed by atoms with Crippen LogP contribution >= 0.6 is 0 Å². The molecule has 0 radical (unpaired) electrons. The van der Waals surface area contributed by atoms with Crippen LogP contribution in [0.2, 0.25) is 0 Å². The van der Waals surface area contributed by atoms with Crippen molar-refractivity contribution in [2.24, 2.45) is 0 Å². The highest BCUT2D eigenvalue weighted by Crippen LogP contribution is 2.10. The predicted molar refractivity (Wildman–Crippen MR) is 51.1 cm³/mol. The van der Waals surface area contributed by atoms with Crippen molar-refractivity contribution in [1.29, 1.82) is 5.26 Å². The Hall–Kier alpha value is -1.55. The van der Waals surface area contributed by atoms with Gasteiger partial charge in [-0.25, -0.2) is 6.57 Å². The van der Waals surface area contributed by atoms with Gasteiger partial charge in [-0.05, 0) is 20.8 Å². The van der Waals surface area contributed by atoms with Crippen LogP contribution in [0.5, 0.6) is 0 Å². The van der Waals surface area contributed by atoms with Gasteiger partial charge in [0, 0.05) is 6.42 Å². The first kappa shape index (κ1) is 12.4. The molecule has 0 saturated heterocycles. The summed E-state index contributed by atoms with van der Waals surface area (Å²) in [5.41, 5.74) is -0.503. The van der Waals surface area contributed by atoms with Gasteiger partial charge in [0.15, 0.2) is 6.07 Å². The van der Waals surface area contributed by atoms with Crippen molar-refractivity contribution in [2.45, 2.75) is 45.3 Å². The maximum Gasteiger partial charge on any atom is 0.307 e. The number of hydrogen-bond donors (Lipinski definition) is 0. The Kier molecular flexibility index (Phi) is 4.66. The maximum atomic E-state index is 11.2. The van der Waals surface area contributed by atoms with E-state index in [1.807, 2.05) is 6.07 Å². The smallest absolute Gasteiger partial charge is 0.307 e. The zero-order chi connectivity index (χ0) is 11.2. The molecule has 0 fully saturated rings. The van der Waals surface area contributed by atoms with Gasteiger partial charge < -0.3 is 4.74 Å². The second-order valence-corrected chi connectivity index (χ2v) is 3.90. The Balaban J connectivity index is 3.89. The van der Waals surface area contributed by atoms with E-state index in [-0.39, 0.29) is 18.8 Å². The number of nitriles is 1. The van der Waals surface area contributed by atoms with E-state index in [0.29, 0.717) is 0 Å². The highest BCUT2D eigenvalue weighted by Gasteiger charge is 2.19. The molecular formula is C10H14N2O2. The van der Waals surface area contributed by atoms with E-state index in [2.05, 4.69) is 4.85 Å². The fourth-order valence-electron chi connectivity index (χ4n) is 0.805. The fourth-order valence-corrected chi connectivity index (χ4v) is 0.805. The summed E-state index contributed by atoms with van der Waals surface area (Å²) in [5.74, 6) is -0.360. The third-order valence-electron chi connectivity index (χ3n) is 1.35. The van der Waals surface area contributed by atoms with Crippen molar-refractivity contribution in [1.82, 2.24) is 0 Å². The van der Waals surface area contributed by atoms with E-state index in [1.165, 1.54) is 0 Å². The van der Waals surface area contributed by atoms with Crippen LogP contribution in [0.4, 0.5) is 0 Å². The summed E-state index contributed by atoms with van der Waals surface area (Å²) in [6.45, 7) is 12.0. The van der Waals surface area contributed by atoms with Gasteiger partial charge in [-0.15, -0.1) is 0 Å². The van der Waals surface area contributed by atoms with Crippen molar-refractivity contribution in [3.63, 3.8) is 0 Å². The van der Waals surface area contributed by atoms with Gasteiger partial charge in [0.05, 0.1) is 6.42 Å². The summed E-state index contributed by atoms with van der Waals surface area (Å²) in [6, 6.07) is 1.07. The van der Waals surface area contributed by atoms with E-state index in [9.17, 15) is 4.79 Å². The Morgan fingerprint density at radius 2 is 2.21 bits per heavy atom. The van der Waals surface area contributed by atoms with Gasteiger partial charge in [-0.1, -0.05) is 0 Å². The molecule has 0 aliphatic carbocycles. The van der Waals surface area contributed by atoms with Crippen molar-refractivity contribution in [3.8, 4) is 6.07 Å². The Labute approximate surface area is 84.3 Å². The predicted octanol–water partition coefficient (Wildman–Crippen LogP) is 1.92. The van der Waals surface area contributed by atoms with Crippen molar-refractivity contribution < 1.29 is 9.53 Å². The normalized spacial score (nSPS) is 12.4. The minimum Gasteiger partial charge on any atom is -0.460 e. The van der Waals surface area contributed by atoms with Gasteiger partial charge in [-0.3, -0.25) is 9.64 Å². The van der Waals surface area contributed by atoms with Crippen LogP contribution in [0.25, 0.3) is 4.85 Å². The molecule has 0 heterocycles. The number of rotatable bonds is 3. The van der Waals surface area contributed by atoms with Gasteiger partial charge in [-0.2, -0.15) is 5.26 Å². The lowest BCUT2D eigenvalue weighted by Gasteiger charge is -2.19. The van der Waals surface area contributed by atoms with Crippen molar-refractivity contribution in [2.75, 3.05) is 0 Å². The van der Waals surface area contributed by atoms with Crippen molar-refractivity contribution >= 4 is 5.97 Å². The number of ether oxygens (including phenoxy) is 1. The Morgan fingerprint density at radius 1 is 1.64 bits per heavy atom. The molecule has 1 atom stereocenters. The number of nitrogens with zero attached hydrogens (tertiary/aromatic N) is 2. The number of hydrogen-bond acceptors (Lipinski definition) is 3. The SMILES string of the molecule is [C-]#[N+]C(C#N)CCC(=O)OC(C)(C)C. The molecule has 1 unspecified atom stereocenters. The third kappa shape index (κ3) is 6.02. The first-order valence-corrected chi connectivity index (χ1v) is 4.37. The first-order chi connectivity index (χ1) is 6.39. The monoisotopic (exact) mass is 194 g/mol. The number of carbonyl (C=O) groups is 1. The summed E-state index contributed by atoms with van der Waals surface area (Å²) in [6.07, 6.45) is 0.368. The molecule has 0 spiro atoms. The minimum atomic E-state index is -0.734. The van der Waals surface area contributed by atoms with Crippen LogP contribution in [0.15, 0.2) is 0 Å². The van der Waals surface area contributed by atoms with E-state index >= 15 is 0 Å². The molecule has 0 aromatic heterocycles. The molecule has 0 aromatic rings. The molecule has 0 saturated carbocycles. The third-order valence-corrected chi connectivity index (χ3v) is 1.35. The molecule has 14 heavy (non-hydrogen) atoms. The Bertz CT molecular complexity index is 264. The summed E-state index contributed by atoms with van der Waals surface area (Å²) in [5, 5.41) is 8.46.